The van der Waals surface area contributed by atoms with E-state index in [0.717, 1.165) is 11.6 Å². The Morgan fingerprint density at radius 3 is 2.39 bits per heavy atom. The van der Waals surface area contributed by atoms with Crippen LogP contribution >= 0.6 is 0 Å². The molecular weight excluding hydrogens is 468 g/mol. The minimum absolute atomic E-state index is 0.109. The molecule has 0 unspecified atom stereocenters. The molecule has 0 saturated heterocycles. The maximum Gasteiger partial charge on any atom is 0.329 e. The summed E-state index contributed by atoms with van der Waals surface area (Å²) in [4.78, 5) is 38.9. The van der Waals surface area contributed by atoms with E-state index in [-0.39, 0.29) is 30.1 Å². The third-order valence-corrected chi connectivity index (χ3v) is 5.92. The summed E-state index contributed by atoms with van der Waals surface area (Å²) in [5.41, 5.74) is 1.23. The van der Waals surface area contributed by atoms with Gasteiger partial charge in [0.05, 0.1) is 38.0 Å². The summed E-state index contributed by atoms with van der Waals surface area (Å²) in [7, 11) is 4.07. The van der Waals surface area contributed by atoms with Gasteiger partial charge < -0.3 is 18.9 Å². The fourth-order valence-electron chi connectivity index (χ4n) is 4.12. The molecule has 10 nitrogen and oxygen atoms in total. The normalized spacial score (nSPS) is 14.1. The molecule has 0 spiro atoms. The van der Waals surface area contributed by atoms with Crippen molar-refractivity contribution in [1.82, 2.24) is 0 Å². The first kappa shape index (κ1) is 24.5. The maximum absolute atomic E-state index is 13.8. The van der Waals surface area contributed by atoms with E-state index in [1.54, 1.807) is 18.2 Å². The molecule has 0 fully saturated rings. The number of esters is 1. The molecule has 1 aliphatic heterocycles. The van der Waals surface area contributed by atoms with Gasteiger partial charge in [-0.15, -0.1) is 0 Å². The first-order valence-electron chi connectivity index (χ1n) is 11.0. The number of rotatable bonds is 8. The van der Waals surface area contributed by atoms with Crippen LogP contribution in [-0.4, -0.2) is 44.2 Å². The van der Waals surface area contributed by atoms with E-state index in [4.69, 9.17) is 18.9 Å². The molecule has 0 aromatic heterocycles. The second-order valence-corrected chi connectivity index (χ2v) is 7.96. The Labute approximate surface area is 207 Å². The van der Waals surface area contributed by atoms with Gasteiger partial charge in [-0.2, -0.15) is 0 Å². The Balaban J connectivity index is 1.77. The zero-order valence-corrected chi connectivity index (χ0v) is 19.9. The van der Waals surface area contributed by atoms with Crippen LogP contribution in [0.1, 0.15) is 21.5 Å². The molecule has 0 aliphatic carbocycles. The summed E-state index contributed by atoms with van der Waals surface area (Å²) in [5.74, 6) is -0.682. The van der Waals surface area contributed by atoms with Crippen LogP contribution in [0.2, 0.25) is 0 Å². The average molecular weight is 492 g/mol. The number of nitro groups is 1. The van der Waals surface area contributed by atoms with Gasteiger partial charge in [0.15, 0.2) is 11.5 Å². The van der Waals surface area contributed by atoms with Crippen LogP contribution in [0, 0.1) is 10.1 Å². The number of nitrogens with zero attached hydrogens (tertiary/aromatic N) is 2. The third-order valence-electron chi connectivity index (χ3n) is 5.92. The Morgan fingerprint density at radius 2 is 1.75 bits per heavy atom. The summed E-state index contributed by atoms with van der Waals surface area (Å²) in [5, 5.41) is 12.0. The Morgan fingerprint density at radius 1 is 1.00 bits per heavy atom. The van der Waals surface area contributed by atoms with Crippen molar-refractivity contribution in [1.29, 1.82) is 0 Å². The minimum Gasteiger partial charge on any atom is -0.497 e. The highest BCUT2D eigenvalue weighted by molar-refractivity contribution is 6.13. The maximum atomic E-state index is 13.8. The lowest BCUT2D eigenvalue weighted by molar-refractivity contribution is -0.385. The lowest BCUT2D eigenvalue weighted by Gasteiger charge is -2.24. The number of amides is 1. The van der Waals surface area contributed by atoms with Crippen molar-refractivity contribution in [3.63, 3.8) is 0 Å². The van der Waals surface area contributed by atoms with Gasteiger partial charge in [-0.3, -0.25) is 19.8 Å². The highest BCUT2D eigenvalue weighted by atomic mass is 16.6. The van der Waals surface area contributed by atoms with E-state index in [2.05, 4.69) is 0 Å². The Kier molecular flexibility index (Phi) is 7.05. The van der Waals surface area contributed by atoms with Crippen LogP contribution in [0.25, 0.3) is 0 Å². The smallest absolute Gasteiger partial charge is 0.329 e. The molecular formula is C26H24N2O8. The molecule has 0 saturated carbocycles. The monoisotopic (exact) mass is 492 g/mol. The van der Waals surface area contributed by atoms with E-state index in [0.29, 0.717) is 17.0 Å². The number of benzene rings is 3. The molecule has 0 N–H and O–H groups in total. The number of hydrogen-bond acceptors (Lipinski definition) is 8. The molecule has 1 heterocycles. The summed E-state index contributed by atoms with van der Waals surface area (Å²) in [6, 6.07) is 15.7. The van der Waals surface area contributed by atoms with Gasteiger partial charge in [-0.1, -0.05) is 36.4 Å². The van der Waals surface area contributed by atoms with E-state index in [9.17, 15) is 19.7 Å². The van der Waals surface area contributed by atoms with Crippen molar-refractivity contribution < 1.29 is 33.5 Å². The molecule has 0 bridgehead atoms. The second-order valence-electron chi connectivity index (χ2n) is 7.96. The number of ether oxygens (including phenoxy) is 4. The van der Waals surface area contributed by atoms with E-state index in [1.165, 1.54) is 32.3 Å². The van der Waals surface area contributed by atoms with Crippen LogP contribution in [0.4, 0.5) is 11.4 Å². The van der Waals surface area contributed by atoms with Crippen LogP contribution in [0.5, 0.6) is 17.2 Å². The quantitative estimate of drug-likeness (QED) is 0.264. The predicted octanol–water partition coefficient (Wildman–Crippen LogP) is 3.94. The van der Waals surface area contributed by atoms with Crippen LogP contribution in [0.3, 0.4) is 0 Å². The topological polar surface area (TPSA) is 117 Å². The van der Waals surface area contributed by atoms with Crippen molar-refractivity contribution >= 4 is 23.3 Å². The molecule has 1 aliphatic rings. The van der Waals surface area contributed by atoms with Crippen molar-refractivity contribution in [2.75, 3.05) is 26.2 Å². The summed E-state index contributed by atoms with van der Waals surface area (Å²) in [6.07, 6.45) is 0.195. The van der Waals surface area contributed by atoms with Crippen molar-refractivity contribution in [3.05, 3.63) is 87.5 Å². The van der Waals surface area contributed by atoms with Gasteiger partial charge in [0.1, 0.15) is 24.0 Å². The van der Waals surface area contributed by atoms with Crippen molar-refractivity contribution in [2.45, 2.75) is 19.1 Å². The number of fused-ring (bicyclic) bond motifs is 1. The number of hydrogen-bond donors (Lipinski definition) is 0. The Bertz CT molecular complexity index is 1310. The van der Waals surface area contributed by atoms with E-state index >= 15 is 0 Å². The van der Waals surface area contributed by atoms with Gasteiger partial charge in [-0.25, -0.2) is 4.79 Å². The highest BCUT2D eigenvalue weighted by Crippen LogP contribution is 2.40. The predicted molar refractivity (Wildman–Crippen MR) is 130 cm³/mol. The van der Waals surface area contributed by atoms with Gasteiger partial charge in [0.25, 0.3) is 11.6 Å². The standard InChI is InChI=1S/C26H24N2O8/c1-33-18-10-9-17-11-22(26(30)35-3)27(20(17)12-18)25(29)19-13-23(34-2)24(14-21(19)28(31)32)36-15-16-7-5-4-6-8-16/h4-10,12-14,22H,11,15H2,1-3H3/t22-/m0/s1. The number of anilines is 1. The van der Waals surface area contributed by atoms with Crippen LogP contribution in [-0.2, 0) is 22.6 Å². The Hall–Kier alpha value is -4.60. The molecule has 1 atom stereocenters. The zero-order valence-electron chi connectivity index (χ0n) is 19.9. The van der Waals surface area contributed by atoms with E-state index in [1.807, 2.05) is 30.3 Å². The van der Waals surface area contributed by atoms with Crippen molar-refractivity contribution in [2.24, 2.45) is 0 Å². The largest absolute Gasteiger partial charge is 0.497 e. The lowest BCUT2D eigenvalue weighted by Crippen LogP contribution is -2.43. The first-order chi connectivity index (χ1) is 17.4. The van der Waals surface area contributed by atoms with Crippen molar-refractivity contribution in [3.8, 4) is 17.2 Å². The number of nitro benzene ring substituents is 1. The molecule has 36 heavy (non-hydrogen) atoms. The SMILES string of the molecule is COC(=O)[C@@H]1Cc2ccc(OC)cc2N1C(=O)c1cc(OC)c(OCc2ccccc2)cc1[N+](=O)[O-]. The molecule has 1 amide bonds. The average Bonchev–Trinajstić information content (AvgIpc) is 3.29. The molecule has 4 rings (SSSR count). The molecule has 3 aromatic rings. The van der Waals surface area contributed by atoms with Gasteiger partial charge in [-0.05, 0) is 17.2 Å². The van der Waals surface area contributed by atoms with E-state index < -0.39 is 28.5 Å². The fraction of sp³-hybridized carbons (Fsp3) is 0.231. The van der Waals surface area contributed by atoms with Gasteiger partial charge in [0, 0.05) is 18.6 Å². The minimum atomic E-state index is -0.996. The number of methoxy groups -OCH3 is 3. The lowest BCUT2D eigenvalue weighted by atomic mass is 10.1. The molecule has 10 heteroatoms. The van der Waals surface area contributed by atoms with Crippen LogP contribution in [0.15, 0.2) is 60.7 Å². The number of carbonyl (C=O) groups excluding carboxylic acids is 2. The van der Waals surface area contributed by atoms with Crippen LogP contribution < -0.4 is 19.1 Å². The van der Waals surface area contributed by atoms with Gasteiger partial charge in [0.2, 0.25) is 0 Å². The summed E-state index contributed by atoms with van der Waals surface area (Å²) in [6.45, 7) is 0.144. The highest BCUT2D eigenvalue weighted by Gasteiger charge is 2.42. The summed E-state index contributed by atoms with van der Waals surface area (Å²) >= 11 is 0. The molecule has 186 valence electrons. The third kappa shape index (κ3) is 4.65. The fourth-order valence-corrected chi connectivity index (χ4v) is 4.12. The molecule has 0 radical (unpaired) electrons. The second kappa shape index (κ2) is 10.3. The zero-order chi connectivity index (χ0) is 25.8. The van der Waals surface area contributed by atoms with Gasteiger partial charge >= 0.3 is 5.97 Å². The first-order valence-corrected chi connectivity index (χ1v) is 11.0. The molecule has 3 aromatic carbocycles. The summed E-state index contributed by atoms with van der Waals surface area (Å²) < 4.78 is 21.4. The number of carbonyl (C=O) groups is 2.